The summed E-state index contributed by atoms with van der Waals surface area (Å²) in [5.41, 5.74) is 1.59. The van der Waals surface area contributed by atoms with Crippen LogP contribution in [0.4, 0.5) is 0 Å². The summed E-state index contributed by atoms with van der Waals surface area (Å²) in [6, 6.07) is 0.566. The van der Waals surface area contributed by atoms with Crippen molar-refractivity contribution in [2.75, 3.05) is 26.2 Å². The Labute approximate surface area is 120 Å². The van der Waals surface area contributed by atoms with Gasteiger partial charge in [-0.1, -0.05) is 6.42 Å². The minimum atomic E-state index is 0.148. The Morgan fingerprint density at radius 1 is 1.25 bits per heavy atom. The number of carbonyl (C=O) groups is 1. The number of likely N-dealkylation sites (tertiary alicyclic amines) is 2. The lowest BCUT2D eigenvalue weighted by atomic mass is 10.1. The Morgan fingerprint density at radius 3 is 2.65 bits per heavy atom. The maximum atomic E-state index is 12.6. The molecule has 0 N–H and O–H groups in total. The van der Waals surface area contributed by atoms with Crippen molar-refractivity contribution in [1.82, 2.24) is 19.6 Å². The molecule has 0 radical (unpaired) electrons. The van der Waals surface area contributed by atoms with E-state index in [2.05, 4.69) is 10.00 Å². The van der Waals surface area contributed by atoms with Gasteiger partial charge in [0.15, 0.2) is 0 Å². The quantitative estimate of drug-likeness (QED) is 0.820. The van der Waals surface area contributed by atoms with E-state index in [4.69, 9.17) is 0 Å². The maximum Gasteiger partial charge on any atom is 0.257 e. The summed E-state index contributed by atoms with van der Waals surface area (Å²) in [7, 11) is 1.87. The van der Waals surface area contributed by atoms with E-state index >= 15 is 0 Å². The van der Waals surface area contributed by atoms with Gasteiger partial charge < -0.3 is 4.90 Å². The Morgan fingerprint density at radius 2 is 2.00 bits per heavy atom. The molecular weight excluding hydrogens is 252 g/mol. The first-order valence-electron chi connectivity index (χ1n) is 7.69. The maximum absolute atomic E-state index is 12.6. The summed E-state index contributed by atoms with van der Waals surface area (Å²) in [5, 5.41) is 4.27. The van der Waals surface area contributed by atoms with E-state index in [9.17, 15) is 4.79 Å². The van der Waals surface area contributed by atoms with Crippen LogP contribution in [0.3, 0.4) is 0 Å². The molecular formula is C15H24N4O. The summed E-state index contributed by atoms with van der Waals surface area (Å²) in [6.07, 6.45) is 6.94. The molecule has 3 heterocycles. The molecule has 2 fully saturated rings. The van der Waals surface area contributed by atoms with Gasteiger partial charge in [-0.15, -0.1) is 0 Å². The Hall–Kier alpha value is -1.36. The number of hydrogen-bond acceptors (Lipinski definition) is 3. The van der Waals surface area contributed by atoms with Crippen molar-refractivity contribution in [2.24, 2.45) is 7.05 Å². The number of hydrogen-bond donors (Lipinski definition) is 0. The molecule has 20 heavy (non-hydrogen) atoms. The van der Waals surface area contributed by atoms with E-state index in [1.807, 2.05) is 25.1 Å². The normalized spacial score (nSPS) is 24.3. The molecule has 1 aromatic heterocycles. The third-order valence-electron chi connectivity index (χ3n) is 4.60. The molecule has 0 unspecified atom stereocenters. The first kappa shape index (κ1) is 13.6. The van der Waals surface area contributed by atoms with Crippen LogP contribution in [0.15, 0.2) is 6.20 Å². The monoisotopic (exact) mass is 276 g/mol. The van der Waals surface area contributed by atoms with E-state index in [0.717, 1.165) is 30.8 Å². The third-order valence-corrected chi connectivity index (χ3v) is 4.60. The van der Waals surface area contributed by atoms with Crippen molar-refractivity contribution in [2.45, 2.75) is 38.6 Å². The second kappa shape index (κ2) is 5.56. The standard InChI is InChI=1S/C15H24N4O/c1-12-14(11-17(2)16-12)15(20)19-9-6-13(10-19)18-7-4-3-5-8-18/h11,13H,3-10H2,1-2H3/t13-/m0/s1. The number of piperidine rings is 1. The number of amides is 1. The average Bonchev–Trinajstić information content (AvgIpc) is 3.06. The highest BCUT2D eigenvalue weighted by atomic mass is 16.2. The first-order valence-corrected chi connectivity index (χ1v) is 7.69. The average molecular weight is 276 g/mol. The second-order valence-corrected chi connectivity index (χ2v) is 6.09. The molecule has 2 aliphatic heterocycles. The molecule has 0 spiro atoms. The van der Waals surface area contributed by atoms with Gasteiger partial charge in [0.25, 0.3) is 5.91 Å². The van der Waals surface area contributed by atoms with Gasteiger partial charge in [-0.2, -0.15) is 5.10 Å². The molecule has 5 heteroatoms. The highest BCUT2D eigenvalue weighted by molar-refractivity contribution is 5.95. The van der Waals surface area contributed by atoms with Crippen molar-refractivity contribution < 1.29 is 4.79 Å². The minimum absolute atomic E-state index is 0.148. The Balaban J connectivity index is 1.64. The summed E-state index contributed by atoms with van der Waals surface area (Å²) in [5.74, 6) is 0.148. The molecule has 110 valence electrons. The van der Waals surface area contributed by atoms with Crippen molar-refractivity contribution in [3.8, 4) is 0 Å². The highest BCUT2D eigenvalue weighted by Gasteiger charge is 2.32. The summed E-state index contributed by atoms with van der Waals surface area (Å²) < 4.78 is 1.72. The van der Waals surface area contributed by atoms with Gasteiger partial charge in [0, 0.05) is 32.4 Å². The van der Waals surface area contributed by atoms with Gasteiger partial charge in [0.05, 0.1) is 11.3 Å². The van der Waals surface area contributed by atoms with E-state index in [1.165, 1.54) is 32.4 Å². The fourth-order valence-electron chi connectivity index (χ4n) is 3.49. The van der Waals surface area contributed by atoms with Crippen LogP contribution in [0.5, 0.6) is 0 Å². The SMILES string of the molecule is Cc1nn(C)cc1C(=O)N1CC[C@H](N2CCCCC2)C1. The summed E-state index contributed by atoms with van der Waals surface area (Å²) >= 11 is 0. The zero-order valence-electron chi connectivity index (χ0n) is 12.5. The molecule has 0 saturated carbocycles. The van der Waals surface area contributed by atoms with Crippen LogP contribution in [0.1, 0.15) is 41.7 Å². The van der Waals surface area contributed by atoms with Crippen molar-refractivity contribution in [3.05, 3.63) is 17.5 Å². The third kappa shape index (κ3) is 2.59. The summed E-state index contributed by atoms with van der Waals surface area (Å²) in [4.78, 5) is 17.1. The smallest absolute Gasteiger partial charge is 0.257 e. The second-order valence-electron chi connectivity index (χ2n) is 6.09. The number of nitrogens with zero attached hydrogens (tertiary/aromatic N) is 4. The lowest BCUT2D eigenvalue weighted by Gasteiger charge is -2.32. The van der Waals surface area contributed by atoms with Crippen molar-refractivity contribution in [3.63, 3.8) is 0 Å². The van der Waals surface area contributed by atoms with Crippen LogP contribution in [0.25, 0.3) is 0 Å². The molecule has 1 atom stereocenters. The van der Waals surface area contributed by atoms with Crippen LogP contribution in [0, 0.1) is 6.92 Å². The minimum Gasteiger partial charge on any atom is -0.337 e. The molecule has 0 bridgehead atoms. The topological polar surface area (TPSA) is 41.4 Å². The van der Waals surface area contributed by atoms with Crippen LogP contribution < -0.4 is 0 Å². The van der Waals surface area contributed by atoms with E-state index in [0.29, 0.717) is 6.04 Å². The van der Waals surface area contributed by atoms with E-state index in [1.54, 1.807) is 4.68 Å². The zero-order chi connectivity index (χ0) is 14.1. The fraction of sp³-hybridized carbons (Fsp3) is 0.733. The van der Waals surface area contributed by atoms with Crippen LogP contribution in [0.2, 0.25) is 0 Å². The molecule has 3 rings (SSSR count). The van der Waals surface area contributed by atoms with Gasteiger partial charge >= 0.3 is 0 Å². The Bertz CT molecular complexity index is 490. The molecule has 1 aromatic rings. The highest BCUT2D eigenvalue weighted by Crippen LogP contribution is 2.22. The van der Waals surface area contributed by atoms with E-state index < -0.39 is 0 Å². The molecule has 2 aliphatic rings. The lowest BCUT2D eigenvalue weighted by molar-refractivity contribution is 0.0770. The largest absolute Gasteiger partial charge is 0.337 e. The molecule has 0 aliphatic carbocycles. The molecule has 2 saturated heterocycles. The number of aromatic nitrogens is 2. The number of rotatable bonds is 2. The van der Waals surface area contributed by atoms with Crippen molar-refractivity contribution >= 4 is 5.91 Å². The predicted molar refractivity (Wildman–Crippen MR) is 77.7 cm³/mol. The van der Waals surface area contributed by atoms with Crippen LogP contribution >= 0.6 is 0 Å². The lowest BCUT2D eigenvalue weighted by Crippen LogP contribution is -2.41. The van der Waals surface area contributed by atoms with Gasteiger partial charge in [-0.05, 0) is 39.3 Å². The van der Waals surface area contributed by atoms with Crippen molar-refractivity contribution in [1.29, 1.82) is 0 Å². The fourth-order valence-corrected chi connectivity index (χ4v) is 3.49. The van der Waals surface area contributed by atoms with Crippen LogP contribution in [-0.4, -0.2) is 57.7 Å². The van der Waals surface area contributed by atoms with Crippen LogP contribution in [-0.2, 0) is 7.05 Å². The number of carbonyl (C=O) groups excluding carboxylic acids is 1. The Kier molecular flexibility index (Phi) is 3.78. The number of aryl methyl sites for hydroxylation is 2. The summed E-state index contributed by atoms with van der Waals surface area (Å²) in [6.45, 7) is 6.09. The van der Waals surface area contributed by atoms with Gasteiger partial charge in [0.2, 0.25) is 0 Å². The predicted octanol–water partition coefficient (Wildman–Crippen LogP) is 1.43. The van der Waals surface area contributed by atoms with Gasteiger partial charge in [-0.3, -0.25) is 14.4 Å². The van der Waals surface area contributed by atoms with Gasteiger partial charge in [0.1, 0.15) is 0 Å². The first-order chi connectivity index (χ1) is 9.65. The molecule has 5 nitrogen and oxygen atoms in total. The molecule has 1 amide bonds. The van der Waals surface area contributed by atoms with E-state index in [-0.39, 0.29) is 5.91 Å². The zero-order valence-corrected chi connectivity index (χ0v) is 12.5. The molecule has 0 aromatic carbocycles. The van der Waals surface area contributed by atoms with Gasteiger partial charge in [-0.25, -0.2) is 0 Å².